The molecule has 0 saturated heterocycles. The topological polar surface area (TPSA) is 95.6 Å². The average molecular weight is 546 g/mol. The molecular weight excluding hydrogens is 506 g/mol. The van der Waals surface area contributed by atoms with Crippen molar-refractivity contribution in [3.8, 4) is 40.1 Å². The van der Waals surface area contributed by atoms with Gasteiger partial charge in [0.15, 0.2) is 6.61 Å². The zero-order valence-electron chi connectivity index (χ0n) is 23.9. The Morgan fingerprint density at radius 2 is 1.73 bits per heavy atom. The zero-order valence-corrected chi connectivity index (χ0v) is 23.9. The summed E-state index contributed by atoms with van der Waals surface area (Å²) in [4.78, 5) is 11.9. The van der Waals surface area contributed by atoms with Gasteiger partial charge in [-0.1, -0.05) is 42.5 Å². The summed E-state index contributed by atoms with van der Waals surface area (Å²) in [5.41, 5.74) is 3.05. The van der Waals surface area contributed by atoms with Crippen molar-refractivity contribution < 1.29 is 23.7 Å². The van der Waals surface area contributed by atoms with E-state index in [0.717, 1.165) is 53.8 Å². The molecule has 0 N–H and O–H groups in total. The third-order valence-corrected chi connectivity index (χ3v) is 6.98. The second kappa shape index (κ2) is 13.5. The molecule has 40 heavy (non-hydrogen) atoms. The van der Waals surface area contributed by atoms with E-state index in [9.17, 15) is 10.1 Å². The molecule has 0 unspecified atom stereocenters. The predicted octanol–water partition coefficient (Wildman–Crippen LogP) is 6.29. The molecule has 0 amide bonds. The van der Waals surface area contributed by atoms with Gasteiger partial charge in [-0.15, -0.1) is 0 Å². The fraction of sp³-hybridized carbons (Fsp3) is 0.469. The molecular formula is C32H39N3O5. The summed E-state index contributed by atoms with van der Waals surface area (Å²) < 4.78 is 24.5. The van der Waals surface area contributed by atoms with Crippen molar-refractivity contribution in [1.29, 1.82) is 5.26 Å². The number of nitrogens with zero attached hydrogens (tertiary/aromatic N) is 3. The number of benzene rings is 2. The van der Waals surface area contributed by atoms with Crippen LogP contribution in [0.5, 0.6) is 11.6 Å². The van der Waals surface area contributed by atoms with E-state index in [0.29, 0.717) is 30.9 Å². The van der Waals surface area contributed by atoms with Gasteiger partial charge in [0.25, 0.3) is 0 Å². The normalized spacial score (nSPS) is 17.2. The number of hydrogen-bond donors (Lipinski definition) is 0. The summed E-state index contributed by atoms with van der Waals surface area (Å²) in [7, 11) is 1.65. The highest BCUT2D eigenvalue weighted by Gasteiger charge is 2.27. The third-order valence-electron chi connectivity index (χ3n) is 6.98. The van der Waals surface area contributed by atoms with Crippen LogP contribution in [0.3, 0.4) is 0 Å². The van der Waals surface area contributed by atoms with Gasteiger partial charge in [0.1, 0.15) is 29.7 Å². The first-order valence-electron chi connectivity index (χ1n) is 13.9. The van der Waals surface area contributed by atoms with E-state index in [2.05, 4.69) is 6.07 Å². The van der Waals surface area contributed by atoms with Crippen LogP contribution in [-0.2, 0) is 20.8 Å². The number of rotatable bonds is 11. The molecule has 0 radical (unpaired) electrons. The van der Waals surface area contributed by atoms with Crippen LogP contribution in [0.15, 0.2) is 54.6 Å². The highest BCUT2D eigenvalue weighted by Crippen LogP contribution is 2.41. The smallest absolute Gasteiger partial charge is 0.332 e. The first kappa shape index (κ1) is 29.2. The van der Waals surface area contributed by atoms with Crippen LogP contribution in [0.25, 0.3) is 22.4 Å². The fourth-order valence-corrected chi connectivity index (χ4v) is 5.16. The van der Waals surface area contributed by atoms with Gasteiger partial charge in [-0.05, 0) is 76.0 Å². The van der Waals surface area contributed by atoms with Crippen molar-refractivity contribution in [3.05, 3.63) is 54.6 Å². The van der Waals surface area contributed by atoms with Gasteiger partial charge < -0.3 is 18.9 Å². The largest absolute Gasteiger partial charge is 0.497 e. The maximum absolute atomic E-state index is 11.9. The molecule has 8 nitrogen and oxygen atoms in total. The number of esters is 1. The molecule has 0 spiro atoms. The van der Waals surface area contributed by atoms with Crippen molar-refractivity contribution in [2.24, 2.45) is 11.8 Å². The maximum atomic E-state index is 11.9. The van der Waals surface area contributed by atoms with Crippen LogP contribution in [-0.4, -0.2) is 48.3 Å². The number of methoxy groups -OCH3 is 1. The lowest BCUT2D eigenvalue weighted by molar-refractivity contribution is -0.160. The summed E-state index contributed by atoms with van der Waals surface area (Å²) in [5.74, 6) is 1.83. The van der Waals surface area contributed by atoms with E-state index in [1.165, 1.54) is 0 Å². The van der Waals surface area contributed by atoms with E-state index in [1.54, 1.807) is 7.11 Å². The highest BCUT2D eigenvalue weighted by molar-refractivity contribution is 5.85. The molecule has 1 aliphatic rings. The van der Waals surface area contributed by atoms with Gasteiger partial charge in [-0.3, -0.25) is 0 Å². The molecule has 8 heteroatoms. The van der Waals surface area contributed by atoms with E-state index in [-0.39, 0.29) is 19.2 Å². The summed E-state index contributed by atoms with van der Waals surface area (Å²) in [5, 5.41) is 14.4. The number of hydrogen-bond acceptors (Lipinski definition) is 7. The van der Waals surface area contributed by atoms with Crippen LogP contribution < -0.4 is 9.47 Å². The van der Waals surface area contributed by atoms with Crippen LogP contribution in [0.4, 0.5) is 0 Å². The minimum Gasteiger partial charge on any atom is -0.497 e. The number of nitriles is 1. The van der Waals surface area contributed by atoms with Crippen LogP contribution >= 0.6 is 0 Å². The van der Waals surface area contributed by atoms with E-state index in [4.69, 9.17) is 24.0 Å². The summed E-state index contributed by atoms with van der Waals surface area (Å²) in [6, 6.07) is 20.0. The molecule has 1 aromatic heterocycles. The Balaban J connectivity index is 1.50. The van der Waals surface area contributed by atoms with Crippen molar-refractivity contribution in [3.63, 3.8) is 0 Å². The Hall–Kier alpha value is -3.83. The monoisotopic (exact) mass is 545 g/mol. The average Bonchev–Trinajstić information content (AvgIpc) is 3.30. The SMILES string of the molecule is COc1cccc(-c2c(-c3ccccc3)nn(CC3CCC(COCC(=O)OC(C)(C)C)CC3)c2OCC#N)c1. The summed E-state index contributed by atoms with van der Waals surface area (Å²) >= 11 is 0. The Bertz CT molecular complexity index is 1300. The van der Waals surface area contributed by atoms with Crippen LogP contribution in [0, 0.1) is 23.2 Å². The lowest BCUT2D eigenvalue weighted by atomic mass is 9.82. The number of carbonyl (C=O) groups excluding carboxylic acids is 1. The maximum Gasteiger partial charge on any atom is 0.332 e. The molecule has 1 fully saturated rings. The van der Waals surface area contributed by atoms with Gasteiger partial charge >= 0.3 is 5.97 Å². The zero-order chi connectivity index (χ0) is 28.5. The van der Waals surface area contributed by atoms with Crippen molar-refractivity contribution in [2.45, 2.75) is 58.6 Å². The van der Waals surface area contributed by atoms with Crippen molar-refractivity contribution in [2.75, 3.05) is 26.9 Å². The van der Waals surface area contributed by atoms with Gasteiger partial charge in [0.05, 0.1) is 19.3 Å². The van der Waals surface area contributed by atoms with Crippen LogP contribution in [0.2, 0.25) is 0 Å². The van der Waals surface area contributed by atoms with E-state index < -0.39 is 5.60 Å². The van der Waals surface area contributed by atoms with E-state index >= 15 is 0 Å². The van der Waals surface area contributed by atoms with Gasteiger partial charge in [0, 0.05) is 12.1 Å². The molecule has 1 aliphatic carbocycles. The first-order chi connectivity index (χ1) is 19.3. The van der Waals surface area contributed by atoms with E-state index in [1.807, 2.05) is 80.1 Å². The molecule has 0 aliphatic heterocycles. The molecule has 4 rings (SSSR count). The number of carbonyl (C=O) groups is 1. The quantitative estimate of drug-likeness (QED) is 0.261. The molecule has 3 aromatic rings. The Morgan fingerprint density at radius 3 is 2.40 bits per heavy atom. The minimum absolute atomic E-state index is 0.0145. The molecule has 1 heterocycles. The van der Waals surface area contributed by atoms with Crippen LogP contribution in [0.1, 0.15) is 46.5 Å². The first-order valence-corrected chi connectivity index (χ1v) is 13.9. The molecule has 212 valence electrons. The molecule has 2 aromatic carbocycles. The summed E-state index contributed by atoms with van der Waals surface area (Å²) in [6.07, 6.45) is 4.08. The predicted molar refractivity (Wildman–Crippen MR) is 153 cm³/mol. The Kier molecular flexibility index (Phi) is 9.84. The Labute approximate surface area is 236 Å². The lowest BCUT2D eigenvalue weighted by Gasteiger charge is -2.28. The fourth-order valence-electron chi connectivity index (χ4n) is 5.16. The number of ether oxygens (including phenoxy) is 4. The standard InChI is InChI=1S/C32H39N3O5/c1-32(2,3)40-28(36)22-38-21-24-15-13-23(14-16-24)20-35-31(39-18-17-33)29(26-11-8-12-27(19-26)37-4)30(34-35)25-9-6-5-7-10-25/h5-12,19,23-24H,13-16,18,20-22H2,1-4H3. The summed E-state index contributed by atoms with van der Waals surface area (Å²) in [6.45, 7) is 6.72. The lowest BCUT2D eigenvalue weighted by Crippen LogP contribution is -2.28. The second-order valence-electron chi connectivity index (χ2n) is 11.2. The van der Waals surface area contributed by atoms with Crippen molar-refractivity contribution >= 4 is 5.97 Å². The Morgan fingerprint density at radius 1 is 1.02 bits per heavy atom. The minimum atomic E-state index is -0.506. The highest BCUT2D eigenvalue weighted by atomic mass is 16.6. The second-order valence-corrected chi connectivity index (χ2v) is 11.2. The molecule has 1 saturated carbocycles. The van der Waals surface area contributed by atoms with Crippen molar-refractivity contribution in [1.82, 2.24) is 9.78 Å². The third kappa shape index (κ3) is 7.86. The molecule has 0 atom stereocenters. The van der Waals surface area contributed by atoms with Gasteiger partial charge in [0.2, 0.25) is 5.88 Å². The van der Waals surface area contributed by atoms with Gasteiger partial charge in [-0.25, -0.2) is 9.48 Å². The molecule has 0 bridgehead atoms. The number of aromatic nitrogens is 2. The van der Waals surface area contributed by atoms with Gasteiger partial charge in [-0.2, -0.15) is 10.4 Å².